The molecule has 0 aromatic heterocycles. The maximum atomic E-state index is 12.5. The average Bonchev–Trinajstić information content (AvgIpc) is 2.62. The van der Waals surface area contributed by atoms with Crippen LogP contribution in [-0.2, 0) is 0 Å². The van der Waals surface area contributed by atoms with Crippen molar-refractivity contribution in [3.05, 3.63) is 64.1 Å². The molecule has 0 saturated heterocycles. The Balaban J connectivity index is 2.06. The Hall–Kier alpha value is -2.18. The summed E-state index contributed by atoms with van der Waals surface area (Å²) >= 11 is 3.37. The van der Waals surface area contributed by atoms with Gasteiger partial charge >= 0.3 is 0 Å². The van der Waals surface area contributed by atoms with E-state index in [0.29, 0.717) is 33.9 Å². The lowest BCUT2D eigenvalue weighted by Crippen LogP contribution is -2.36. The topological polar surface area (TPSA) is 61.4 Å². The molecule has 0 radical (unpaired) electrons. The van der Waals surface area contributed by atoms with Crippen molar-refractivity contribution in [1.29, 1.82) is 0 Å². The number of rotatable bonds is 7. The molecule has 2 aromatic rings. The fourth-order valence-electron chi connectivity index (χ4n) is 2.32. The molecule has 0 spiro atoms. The van der Waals surface area contributed by atoms with Crippen molar-refractivity contribution in [2.24, 2.45) is 0 Å². The highest BCUT2D eigenvalue weighted by atomic mass is 79.9. The summed E-state index contributed by atoms with van der Waals surface area (Å²) < 4.78 is 0.705. The molecular weight excluding hydrogens is 394 g/mol. The quantitative estimate of drug-likeness (QED) is 0.720. The summed E-state index contributed by atoms with van der Waals surface area (Å²) in [6, 6.07) is 14.6. The number of hydrogen-bond acceptors (Lipinski definition) is 3. The van der Waals surface area contributed by atoms with Crippen molar-refractivity contribution < 1.29 is 9.59 Å². The molecule has 0 fully saturated rings. The Kier molecular flexibility index (Phi) is 7.36. The molecule has 138 valence electrons. The lowest BCUT2D eigenvalue weighted by atomic mass is 10.1. The number of para-hydroxylation sites is 1. The monoisotopic (exact) mass is 417 g/mol. The predicted molar refractivity (Wildman–Crippen MR) is 109 cm³/mol. The zero-order chi connectivity index (χ0) is 19.1. The van der Waals surface area contributed by atoms with Gasteiger partial charge in [-0.1, -0.05) is 24.3 Å². The second-order valence-electron chi connectivity index (χ2n) is 6.31. The Morgan fingerprint density at radius 1 is 1.00 bits per heavy atom. The Morgan fingerprint density at radius 2 is 1.62 bits per heavy atom. The van der Waals surface area contributed by atoms with Crippen LogP contribution < -0.4 is 10.6 Å². The number of hydrogen-bond donors (Lipinski definition) is 2. The number of halogens is 1. The largest absolute Gasteiger partial charge is 0.351 e. The lowest BCUT2D eigenvalue weighted by Gasteiger charge is -2.21. The van der Waals surface area contributed by atoms with Gasteiger partial charge in [-0.2, -0.15) is 0 Å². The van der Waals surface area contributed by atoms with Gasteiger partial charge < -0.3 is 15.5 Å². The van der Waals surface area contributed by atoms with Crippen LogP contribution >= 0.6 is 15.9 Å². The van der Waals surface area contributed by atoms with Crippen LogP contribution in [0.5, 0.6) is 0 Å². The Morgan fingerprint density at radius 3 is 2.27 bits per heavy atom. The molecule has 0 aliphatic heterocycles. The average molecular weight is 418 g/mol. The first-order valence-corrected chi connectivity index (χ1v) is 9.32. The highest BCUT2D eigenvalue weighted by Gasteiger charge is 2.15. The number of nitrogens with zero attached hydrogens (tertiary/aromatic N) is 1. The fraction of sp³-hybridized carbons (Fsp3) is 0.300. The summed E-state index contributed by atoms with van der Waals surface area (Å²) in [4.78, 5) is 27.2. The Labute approximate surface area is 162 Å². The molecular formula is C20H24BrN3O2. The van der Waals surface area contributed by atoms with Crippen LogP contribution in [-0.4, -0.2) is 42.9 Å². The van der Waals surface area contributed by atoms with Crippen LogP contribution in [0.3, 0.4) is 0 Å². The van der Waals surface area contributed by atoms with Crippen molar-refractivity contribution >= 4 is 33.4 Å². The standard InChI is InChI=1S/C20H24BrN3O2/c1-14(2)24(3)13-12-22-19(25)16-9-5-7-11-18(16)23-20(26)15-8-4-6-10-17(15)21/h4-11,14H,12-13H2,1-3H3,(H,22,25)(H,23,26). The maximum absolute atomic E-state index is 12.5. The SMILES string of the molecule is CC(C)N(C)CCNC(=O)c1ccccc1NC(=O)c1ccccc1Br. The van der Waals surface area contributed by atoms with Gasteiger partial charge in [0.25, 0.3) is 11.8 Å². The number of carbonyl (C=O) groups is 2. The number of anilines is 1. The molecule has 0 aliphatic carbocycles. The molecule has 26 heavy (non-hydrogen) atoms. The summed E-state index contributed by atoms with van der Waals surface area (Å²) in [5.41, 5.74) is 1.45. The van der Waals surface area contributed by atoms with E-state index in [2.05, 4.69) is 45.3 Å². The van der Waals surface area contributed by atoms with Crippen LogP contribution in [0.1, 0.15) is 34.6 Å². The normalized spacial score (nSPS) is 10.8. The number of nitrogens with one attached hydrogen (secondary N) is 2. The Bertz CT molecular complexity index is 777. The van der Waals surface area contributed by atoms with E-state index in [-0.39, 0.29) is 11.8 Å². The maximum Gasteiger partial charge on any atom is 0.256 e. The van der Waals surface area contributed by atoms with E-state index in [1.165, 1.54) is 0 Å². The number of carbonyl (C=O) groups excluding carboxylic acids is 2. The van der Waals surface area contributed by atoms with Gasteiger partial charge in [-0.3, -0.25) is 9.59 Å². The molecule has 2 aromatic carbocycles. The van der Waals surface area contributed by atoms with Gasteiger partial charge in [-0.15, -0.1) is 0 Å². The van der Waals surface area contributed by atoms with E-state index < -0.39 is 0 Å². The number of benzene rings is 2. The molecule has 0 heterocycles. The summed E-state index contributed by atoms with van der Waals surface area (Å²) in [5, 5.41) is 5.73. The van der Waals surface area contributed by atoms with Gasteiger partial charge in [-0.05, 0) is 61.1 Å². The van der Waals surface area contributed by atoms with Crippen LogP contribution in [0.15, 0.2) is 53.0 Å². The minimum absolute atomic E-state index is 0.204. The molecule has 2 rings (SSSR count). The number of amides is 2. The summed E-state index contributed by atoms with van der Waals surface area (Å²) in [6.45, 7) is 5.51. The van der Waals surface area contributed by atoms with Gasteiger partial charge in [-0.25, -0.2) is 0 Å². The van der Waals surface area contributed by atoms with E-state index in [1.807, 2.05) is 13.1 Å². The zero-order valence-corrected chi connectivity index (χ0v) is 16.8. The first-order chi connectivity index (χ1) is 12.4. The summed E-state index contributed by atoms with van der Waals surface area (Å²) in [7, 11) is 2.02. The molecule has 0 atom stereocenters. The third-order valence-corrected chi connectivity index (χ3v) is 4.86. The van der Waals surface area contributed by atoms with E-state index in [1.54, 1.807) is 42.5 Å². The molecule has 5 nitrogen and oxygen atoms in total. The summed E-state index contributed by atoms with van der Waals surface area (Å²) in [6.07, 6.45) is 0. The molecule has 0 bridgehead atoms. The van der Waals surface area contributed by atoms with Gasteiger partial charge in [0.1, 0.15) is 0 Å². The third-order valence-electron chi connectivity index (χ3n) is 4.17. The van der Waals surface area contributed by atoms with Crippen molar-refractivity contribution in [3.8, 4) is 0 Å². The van der Waals surface area contributed by atoms with Crippen molar-refractivity contribution in [3.63, 3.8) is 0 Å². The number of likely N-dealkylation sites (N-methyl/N-ethyl adjacent to an activating group) is 1. The fourth-order valence-corrected chi connectivity index (χ4v) is 2.79. The van der Waals surface area contributed by atoms with Gasteiger partial charge in [0.05, 0.1) is 16.8 Å². The highest BCUT2D eigenvalue weighted by Crippen LogP contribution is 2.20. The predicted octanol–water partition coefficient (Wildman–Crippen LogP) is 3.77. The van der Waals surface area contributed by atoms with Crippen LogP contribution in [0.25, 0.3) is 0 Å². The van der Waals surface area contributed by atoms with Gasteiger partial charge in [0.15, 0.2) is 0 Å². The van der Waals surface area contributed by atoms with E-state index >= 15 is 0 Å². The van der Waals surface area contributed by atoms with Crippen molar-refractivity contribution in [2.45, 2.75) is 19.9 Å². The smallest absolute Gasteiger partial charge is 0.256 e. The molecule has 0 saturated carbocycles. The molecule has 0 aliphatic rings. The van der Waals surface area contributed by atoms with Gasteiger partial charge in [0.2, 0.25) is 0 Å². The van der Waals surface area contributed by atoms with Crippen LogP contribution in [0.4, 0.5) is 5.69 Å². The lowest BCUT2D eigenvalue weighted by molar-refractivity contribution is 0.0949. The molecule has 2 N–H and O–H groups in total. The summed E-state index contributed by atoms with van der Waals surface area (Å²) in [5.74, 6) is -0.470. The molecule has 6 heteroatoms. The molecule has 2 amide bonds. The third kappa shape index (κ3) is 5.41. The first kappa shape index (κ1) is 20.1. The van der Waals surface area contributed by atoms with E-state index in [9.17, 15) is 9.59 Å². The van der Waals surface area contributed by atoms with Gasteiger partial charge in [0, 0.05) is 23.6 Å². The van der Waals surface area contributed by atoms with Crippen LogP contribution in [0, 0.1) is 0 Å². The van der Waals surface area contributed by atoms with E-state index in [4.69, 9.17) is 0 Å². The minimum Gasteiger partial charge on any atom is -0.351 e. The van der Waals surface area contributed by atoms with Crippen molar-refractivity contribution in [1.82, 2.24) is 10.2 Å². The minimum atomic E-state index is -0.266. The van der Waals surface area contributed by atoms with Crippen molar-refractivity contribution in [2.75, 3.05) is 25.5 Å². The van der Waals surface area contributed by atoms with Crippen LogP contribution in [0.2, 0.25) is 0 Å². The molecule has 0 unspecified atom stereocenters. The second-order valence-corrected chi connectivity index (χ2v) is 7.16. The second kappa shape index (κ2) is 9.50. The zero-order valence-electron chi connectivity index (χ0n) is 15.3. The highest BCUT2D eigenvalue weighted by molar-refractivity contribution is 9.10. The van der Waals surface area contributed by atoms with E-state index in [0.717, 1.165) is 6.54 Å². The first-order valence-electron chi connectivity index (χ1n) is 8.53.